The first-order chi connectivity index (χ1) is 7.31. The number of benzene rings is 1. The molecule has 1 aromatic rings. The van der Waals surface area contributed by atoms with Crippen molar-refractivity contribution in [1.82, 2.24) is 5.32 Å². The third kappa shape index (κ3) is 2.76. The minimum absolute atomic E-state index is 0.0521. The third-order valence-corrected chi connectivity index (χ3v) is 2.71. The van der Waals surface area contributed by atoms with E-state index >= 15 is 0 Å². The van der Waals surface area contributed by atoms with E-state index in [9.17, 15) is 4.39 Å². The Balaban J connectivity index is 2.11. The van der Waals surface area contributed by atoms with Gasteiger partial charge in [0, 0.05) is 24.3 Å². The summed E-state index contributed by atoms with van der Waals surface area (Å²) in [5, 5.41) is 12.3. The molecule has 1 unspecified atom stereocenters. The maximum absolute atomic E-state index is 13.5. The highest BCUT2D eigenvalue weighted by atomic mass is 19.1. The first-order valence-electron chi connectivity index (χ1n) is 5.42. The molecule has 2 nitrogen and oxygen atoms in total. The van der Waals surface area contributed by atoms with E-state index in [0.717, 1.165) is 12.8 Å². The topological polar surface area (TPSA) is 32.3 Å². The fourth-order valence-electron chi connectivity index (χ4n) is 1.75. The fraction of sp³-hybridized carbons (Fsp3) is 0.500. The van der Waals surface area contributed by atoms with Crippen molar-refractivity contribution in [3.05, 3.63) is 35.6 Å². The molecule has 1 aromatic carbocycles. The summed E-state index contributed by atoms with van der Waals surface area (Å²) in [7, 11) is 0. The highest BCUT2D eigenvalue weighted by molar-refractivity contribution is 5.21. The molecule has 1 atom stereocenters. The number of rotatable bonds is 5. The molecular formula is C12H16FNO. The molecule has 0 aromatic heterocycles. The molecule has 1 fully saturated rings. The number of nitrogens with one attached hydrogen (secondary N) is 1. The molecule has 0 amide bonds. The van der Waals surface area contributed by atoms with Crippen molar-refractivity contribution in [2.75, 3.05) is 6.61 Å². The van der Waals surface area contributed by atoms with Gasteiger partial charge in [0.1, 0.15) is 5.82 Å². The lowest BCUT2D eigenvalue weighted by Gasteiger charge is -2.18. The molecule has 1 aliphatic rings. The van der Waals surface area contributed by atoms with Crippen molar-refractivity contribution in [1.29, 1.82) is 0 Å². The van der Waals surface area contributed by atoms with Gasteiger partial charge in [-0.15, -0.1) is 0 Å². The zero-order valence-electron chi connectivity index (χ0n) is 8.62. The maximum Gasteiger partial charge on any atom is 0.127 e. The molecule has 1 aliphatic carbocycles. The molecule has 2 rings (SSSR count). The second-order valence-electron chi connectivity index (χ2n) is 4.03. The molecular weight excluding hydrogens is 193 g/mol. The Morgan fingerprint density at radius 3 is 2.73 bits per heavy atom. The van der Waals surface area contributed by atoms with E-state index in [1.165, 1.54) is 6.07 Å². The fourth-order valence-corrected chi connectivity index (χ4v) is 1.75. The first kappa shape index (κ1) is 10.6. The van der Waals surface area contributed by atoms with Gasteiger partial charge in [-0.2, -0.15) is 0 Å². The second kappa shape index (κ2) is 4.73. The van der Waals surface area contributed by atoms with E-state index in [-0.39, 0.29) is 18.5 Å². The number of aliphatic hydroxyl groups excluding tert-OH is 1. The summed E-state index contributed by atoms with van der Waals surface area (Å²) in [6, 6.07) is 7.23. The van der Waals surface area contributed by atoms with Crippen LogP contribution in [0, 0.1) is 5.82 Å². The summed E-state index contributed by atoms with van der Waals surface area (Å²) < 4.78 is 13.5. The summed E-state index contributed by atoms with van der Waals surface area (Å²) in [6.07, 6.45) is 2.89. The summed E-state index contributed by atoms with van der Waals surface area (Å²) >= 11 is 0. The van der Waals surface area contributed by atoms with Crippen LogP contribution in [0.3, 0.4) is 0 Å². The van der Waals surface area contributed by atoms with Gasteiger partial charge in [-0.3, -0.25) is 0 Å². The Labute approximate surface area is 89.1 Å². The van der Waals surface area contributed by atoms with E-state index in [4.69, 9.17) is 5.11 Å². The number of hydrogen-bond donors (Lipinski definition) is 2. The highest BCUT2D eigenvalue weighted by Gasteiger charge is 2.26. The second-order valence-corrected chi connectivity index (χ2v) is 4.03. The molecule has 0 aliphatic heterocycles. The minimum Gasteiger partial charge on any atom is -0.396 e. The maximum atomic E-state index is 13.5. The van der Waals surface area contributed by atoms with Crippen LogP contribution in [0.1, 0.15) is 30.9 Å². The van der Waals surface area contributed by atoms with Crippen molar-refractivity contribution in [2.45, 2.75) is 31.3 Å². The van der Waals surface area contributed by atoms with Crippen molar-refractivity contribution in [3.8, 4) is 0 Å². The van der Waals surface area contributed by atoms with Gasteiger partial charge in [-0.05, 0) is 25.3 Å². The van der Waals surface area contributed by atoms with Gasteiger partial charge in [0.15, 0.2) is 0 Å². The van der Waals surface area contributed by atoms with Gasteiger partial charge < -0.3 is 10.4 Å². The highest BCUT2D eigenvalue weighted by Crippen LogP contribution is 2.27. The molecule has 0 saturated heterocycles. The zero-order chi connectivity index (χ0) is 10.7. The van der Waals surface area contributed by atoms with Gasteiger partial charge in [0.25, 0.3) is 0 Å². The van der Waals surface area contributed by atoms with E-state index in [2.05, 4.69) is 5.32 Å². The van der Waals surface area contributed by atoms with Crippen LogP contribution < -0.4 is 5.32 Å². The molecule has 0 radical (unpaired) electrons. The van der Waals surface area contributed by atoms with Crippen LogP contribution in [0.2, 0.25) is 0 Å². The molecule has 2 N–H and O–H groups in total. The predicted molar refractivity (Wildman–Crippen MR) is 57.0 cm³/mol. The van der Waals surface area contributed by atoms with Crippen LogP contribution in [0.4, 0.5) is 4.39 Å². The Morgan fingerprint density at radius 2 is 2.13 bits per heavy atom. The monoisotopic (exact) mass is 209 g/mol. The van der Waals surface area contributed by atoms with Crippen molar-refractivity contribution >= 4 is 0 Å². The molecule has 15 heavy (non-hydrogen) atoms. The average Bonchev–Trinajstić information content (AvgIpc) is 3.02. The Morgan fingerprint density at radius 1 is 1.40 bits per heavy atom. The van der Waals surface area contributed by atoms with Gasteiger partial charge in [-0.25, -0.2) is 4.39 Å². The molecule has 3 heteroatoms. The summed E-state index contributed by atoms with van der Waals surface area (Å²) in [5.74, 6) is -0.191. The predicted octanol–water partition coefficient (Wildman–Crippen LogP) is 2.00. The van der Waals surface area contributed by atoms with Crippen LogP contribution in [0.25, 0.3) is 0 Å². The Bertz CT molecular complexity index is 325. The van der Waals surface area contributed by atoms with E-state index in [0.29, 0.717) is 18.0 Å². The molecule has 0 spiro atoms. The van der Waals surface area contributed by atoms with E-state index in [1.807, 2.05) is 6.07 Å². The average molecular weight is 209 g/mol. The molecule has 1 saturated carbocycles. The van der Waals surface area contributed by atoms with E-state index in [1.54, 1.807) is 12.1 Å². The van der Waals surface area contributed by atoms with Crippen LogP contribution in [-0.2, 0) is 0 Å². The van der Waals surface area contributed by atoms with Crippen molar-refractivity contribution < 1.29 is 9.50 Å². The standard InChI is InChI=1S/C12H16FNO/c13-11-4-2-1-3-10(11)12(7-8-15)14-9-5-6-9/h1-4,9,12,14-15H,5-8H2. The lowest BCUT2D eigenvalue weighted by molar-refractivity contribution is 0.263. The quantitative estimate of drug-likeness (QED) is 0.777. The number of hydrogen-bond acceptors (Lipinski definition) is 2. The smallest absolute Gasteiger partial charge is 0.127 e. The van der Waals surface area contributed by atoms with Gasteiger partial charge in [-0.1, -0.05) is 18.2 Å². The Kier molecular flexibility index (Phi) is 3.34. The van der Waals surface area contributed by atoms with Gasteiger partial charge in [0.05, 0.1) is 0 Å². The SMILES string of the molecule is OCCC(NC1CC1)c1ccccc1F. The zero-order valence-corrected chi connectivity index (χ0v) is 8.62. The van der Waals surface area contributed by atoms with Crippen molar-refractivity contribution in [3.63, 3.8) is 0 Å². The van der Waals surface area contributed by atoms with Crippen LogP contribution in [-0.4, -0.2) is 17.8 Å². The van der Waals surface area contributed by atoms with Gasteiger partial charge in [0.2, 0.25) is 0 Å². The van der Waals surface area contributed by atoms with Crippen LogP contribution in [0.15, 0.2) is 24.3 Å². The molecule has 0 heterocycles. The third-order valence-electron chi connectivity index (χ3n) is 2.71. The lowest BCUT2D eigenvalue weighted by Crippen LogP contribution is -2.25. The molecule has 82 valence electrons. The minimum atomic E-state index is -0.191. The number of aliphatic hydroxyl groups is 1. The van der Waals surface area contributed by atoms with Crippen molar-refractivity contribution in [2.24, 2.45) is 0 Å². The van der Waals surface area contributed by atoms with Crippen LogP contribution in [0.5, 0.6) is 0 Å². The first-order valence-corrected chi connectivity index (χ1v) is 5.42. The largest absolute Gasteiger partial charge is 0.396 e. The normalized spacial score (nSPS) is 17.7. The summed E-state index contributed by atoms with van der Waals surface area (Å²) in [4.78, 5) is 0. The van der Waals surface area contributed by atoms with Gasteiger partial charge >= 0.3 is 0 Å². The molecule has 0 bridgehead atoms. The summed E-state index contributed by atoms with van der Waals surface area (Å²) in [6.45, 7) is 0.0821. The Hall–Kier alpha value is -0.930. The summed E-state index contributed by atoms with van der Waals surface area (Å²) in [5.41, 5.74) is 0.665. The lowest BCUT2D eigenvalue weighted by atomic mass is 10.0. The van der Waals surface area contributed by atoms with E-state index < -0.39 is 0 Å². The number of halogens is 1. The van der Waals surface area contributed by atoms with Crippen LogP contribution >= 0.6 is 0 Å².